The molecule has 0 radical (unpaired) electrons. The summed E-state index contributed by atoms with van der Waals surface area (Å²) in [5.41, 5.74) is 18.3. The lowest BCUT2D eigenvalue weighted by Gasteiger charge is -2.23. The smallest absolute Gasteiger partial charge is 0.166 e. The number of hydrogen-bond donors (Lipinski definition) is 3. The number of nitrogens with one attached hydrogen (secondary N) is 1. The van der Waals surface area contributed by atoms with Crippen LogP contribution in [0.15, 0.2) is 42.4 Å². The second kappa shape index (κ2) is 8.39. The van der Waals surface area contributed by atoms with Crippen molar-refractivity contribution in [3.8, 4) is 17.0 Å². The number of halogens is 1. The first-order valence-electron chi connectivity index (χ1n) is 10.3. The molecule has 8 heteroatoms. The van der Waals surface area contributed by atoms with Gasteiger partial charge in [0.1, 0.15) is 11.9 Å². The van der Waals surface area contributed by atoms with Gasteiger partial charge < -0.3 is 26.1 Å². The highest BCUT2D eigenvalue weighted by Crippen LogP contribution is 2.36. The highest BCUT2D eigenvalue weighted by atomic mass is 19.1. The largest absolute Gasteiger partial charge is 0.482 e. The molecular weight excluding hydrogens is 395 g/mol. The molecule has 0 spiro atoms. The number of benzene rings is 1. The van der Waals surface area contributed by atoms with Gasteiger partial charge in [0.2, 0.25) is 0 Å². The fraction of sp³-hybridized carbons (Fsp3) is 0.304. The average molecular weight is 423 g/mol. The van der Waals surface area contributed by atoms with Gasteiger partial charge in [0.25, 0.3) is 0 Å². The molecule has 0 amide bonds. The fourth-order valence-electron chi connectivity index (χ4n) is 3.99. The number of pyridine rings is 1. The summed E-state index contributed by atoms with van der Waals surface area (Å²) >= 11 is 0. The predicted molar refractivity (Wildman–Crippen MR) is 120 cm³/mol. The van der Waals surface area contributed by atoms with Crippen molar-refractivity contribution in [2.75, 3.05) is 18.8 Å². The van der Waals surface area contributed by atoms with Crippen LogP contribution in [0.2, 0.25) is 0 Å². The van der Waals surface area contributed by atoms with Crippen molar-refractivity contribution in [2.45, 2.75) is 26.4 Å². The summed E-state index contributed by atoms with van der Waals surface area (Å²) in [6, 6.07) is 6.53. The van der Waals surface area contributed by atoms with E-state index in [0.717, 1.165) is 40.3 Å². The molecule has 1 aliphatic heterocycles. The molecular formula is C23H27FN6O. The second-order valence-corrected chi connectivity index (χ2v) is 7.64. The van der Waals surface area contributed by atoms with Crippen molar-refractivity contribution >= 4 is 11.5 Å². The van der Waals surface area contributed by atoms with Gasteiger partial charge in [-0.05, 0) is 43.7 Å². The minimum Gasteiger partial charge on any atom is -0.482 e. The Labute approximate surface area is 181 Å². The zero-order valence-electron chi connectivity index (χ0n) is 17.9. The van der Waals surface area contributed by atoms with Crippen molar-refractivity contribution in [3.63, 3.8) is 0 Å². The number of hydrogen-bond acceptors (Lipinski definition) is 6. The average Bonchev–Trinajstić information content (AvgIpc) is 3.11. The van der Waals surface area contributed by atoms with E-state index in [0.29, 0.717) is 24.3 Å². The second-order valence-electron chi connectivity index (χ2n) is 7.64. The monoisotopic (exact) mass is 422 g/mol. The first-order chi connectivity index (χ1) is 14.9. The minimum atomic E-state index is -0.472. The van der Waals surface area contributed by atoms with Crippen molar-refractivity contribution in [3.05, 3.63) is 65.0 Å². The molecule has 31 heavy (non-hydrogen) atoms. The van der Waals surface area contributed by atoms with Crippen LogP contribution >= 0.6 is 0 Å². The van der Waals surface area contributed by atoms with E-state index in [4.69, 9.17) is 16.2 Å². The van der Waals surface area contributed by atoms with Crippen molar-refractivity contribution in [1.29, 1.82) is 0 Å². The Morgan fingerprint density at radius 3 is 2.84 bits per heavy atom. The van der Waals surface area contributed by atoms with Gasteiger partial charge in [0.05, 0.1) is 12.0 Å². The summed E-state index contributed by atoms with van der Waals surface area (Å²) in [6.07, 6.45) is 3.59. The van der Waals surface area contributed by atoms with Crippen LogP contribution in [0.1, 0.15) is 36.8 Å². The van der Waals surface area contributed by atoms with E-state index < -0.39 is 6.10 Å². The molecule has 2 bridgehead atoms. The molecule has 1 aliphatic rings. The number of aryl methyl sites for hydroxylation is 1. The van der Waals surface area contributed by atoms with Crippen LogP contribution in [0.25, 0.3) is 17.0 Å². The van der Waals surface area contributed by atoms with Crippen LogP contribution in [0.4, 0.5) is 10.2 Å². The van der Waals surface area contributed by atoms with Gasteiger partial charge in [0, 0.05) is 60.8 Å². The van der Waals surface area contributed by atoms with Gasteiger partial charge in [-0.3, -0.25) is 0 Å². The lowest BCUT2D eigenvalue weighted by atomic mass is 9.95. The van der Waals surface area contributed by atoms with E-state index in [1.165, 1.54) is 12.1 Å². The zero-order chi connectivity index (χ0) is 22.1. The van der Waals surface area contributed by atoms with Crippen LogP contribution in [-0.4, -0.2) is 27.6 Å². The van der Waals surface area contributed by atoms with Gasteiger partial charge in [0.15, 0.2) is 11.6 Å². The van der Waals surface area contributed by atoms with Crippen LogP contribution in [0, 0.1) is 5.82 Å². The Bertz CT molecular complexity index is 1150. The number of ether oxygens (including phenoxy) is 1. The number of rotatable bonds is 3. The maximum absolute atomic E-state index is 14.2. The molecule has 162 valence electrons. The molecule has 1 aromatic carbocycles. The number of nitrogen functional groups attached to an aromatic ring is 1. The normalized spacial score (nSPS) is 18.3. The summed E-state index contributed by atoms with van der Waals surface area (Å²) < 4.78 is 22.4. The number of anilines is 1. The summed E-state index contributed by atoms with van der Waals surface area (Å²) in [5.74, 6) is 0.374. The zero-order valence-corrected chi connectivity index (χ0v) is 17.9. The van der Waals surface area contributed by atoms with E-state index in [-0.39, 0.29) is 11.6 Å². The van der Waals surface area contributed by atoms with Crippen LogP contribution in [-0.2, 0) is 13.5 Å². The third kappa shape index (κ3) is 3.86. The van der Waals surface area contributed by atoms with E-state index in [1.54, 1.807) is 18.6 Å². The summed E-state index contributed by atoms with van der Waals surface area (Å²) in [4.78, 5) is 8.98. The van der Waals surface area contributed by atoms with Gasteiger partial charge >= 0.3 is 0 Å². The molecule has 0 saturated heterocycles. The molecule has 0 aliphatic carbocycles. The number of fused-ring (bicyclic) bond motifs is 5. The molecule has 3 aromatic rings. The molecule has 0 unspecified atom stereocenters. The summed E-state index contributed by atoms with van der Waals surface area (Å²) in [7, 11) is 1.95. The lowest BCUT2D eigenvalue weighted by Crippen LogP contribution is -2.20. The molecule has 7 nitrogen and oxygen atoms in total. The molecule has 5 N–H and O–H groups in total. The van der Waals surface area contributed by atoms with Gasteiger partial charge in [-0.15, -0.1) is 0 Å². The number of nitrogens with two attached hydrogens (primary N) is 2. The number of nitrogens with zero attached hydrogens (tertiary/aromatic N) is 3. The van der Waals surface area contributed by atoms with Gasteiger partial charge in [-0.2, -0.15) is 0 Å². The SMILES string of the molecule is CCN/C1=C(\CN)Cc2c(ncn2C)-c2ccc(F)cc2[C@@H](C)Oc2cc1cnc2N. The van der Waals surface area contributed by atoms with Crippen LogP contribution in [0.3, 0.4) is 0 Å². The van der Waals surface area contributed by atoms with Gasteiger partial charge in [-0.1, -0.05) is 0 Å². The minimum absolute atomic E-state index is 0.272. The quantitative estimate of drug-likeness (QED) is 0.599. The van der Waals surface area contributed by atoms with E-state index in [1.807, 2.05) is 31.5 Å². The Morgan fingerprint density at radius 1 is 1.29 bits per heavy atom. The highest BCUT2D eigenvalue weighted by molar-refractivity contribution is 5.72. The lowest BCUT2D eigenvalue weighted by molar-refractivity contribution is 0.227. The van der Waals surface area contributed by atoms with Crippen LogP contribution in [0.5, 0.6) is 5.75 Å². The predicted octanol–water partition coefficient (Wildman–Crippen LogP) is 3.18. The molecule has 0 fully saturated rings. The molecule has 0 saturated carbocycles. The Balaban J connectivity index is 2.02. The fourth-order valence-corrected chi connectivity index (χ4v) is 3.99. The Morgan fingerprint density at radius 2 is 2.10 bits per heavy atom. The number of imidazole rings is 1. The first-order valence-corrected chi connectivity index (χ1v) is 10.3. The summed E-state index contributed by atoms with van der Waals surface area (Å²) in [5, 5.41) is 3.43. The molecule has 1 atom stereocenters. The van der Waals surface area contributed by atoms with E-state index in [2.05, 4.69) is 15.3 Å². The topological polar surface area (TPSA) is 104 Å². The van der Waals surface area contributed by atoms with E-state index >= 15 is 0 Å². The highest BCUT2D eigenvalue weighted by Gasteiger charge is 2.23. The third-order valence-electron chi connectivity index (χ3n) is 5.57. The standard InChI is InChI=1S/C23H27FN6O/c1-4-27-21-14(10-25)7-19-22(29-12-30(19)3)17-6-5-16(24)9-18(17)13(2)31-20-8-15(21)11-28-23(20)26/h5-6,8-9,11-13,27H,4,7,10,25H2,1-3H3,(H2,26,28)/b21-14-/t13-/m1/s1. The Hall–Kier alpha value is -3.39. The molecule has 2 aromatic heterocycles. The Kier molecular flexibility index (Phi) is 5.65. The summed E-state index contributed by atoms with van der Waals surface area (Å²) in [6.45, 7) is 4.96. The third-order valence-corrected chi connectivity index (χ3v) is 5.57. The maximum Gasteiger partial charge on any atom is 0.166 e. The van der Waals surface area contributed by atoms with Crippen molar-refractivity contribution < 1.29 is 9.13 Å². The van der Waals surface area contributed by atoms with Crippen molar-refractivity contribution in [1.82, 2.24) is 19.9 Å². The molecule has 4 rings (SSSR count). The first kappa shape index (κ1) is 20.9. The van der Waals surface area contributed by atoms with Crippen molar-refractivity contribution in [2.24, 2.45) is 12.8 Å². The van der Waals surface area contributed by atoms with Gasteiger partial charge in [-0.25, -0.2) is 14.4 Å². The van der Waals surface area contributed by atoms with Crippen LogP contribution < -0.4 is 21.5 Å². The number of aromatic nitrogens is 3. The van der Waals surface area contributed by atoms with E-state index in [9.17, 15) is 4.39 Å². The molecule has 3 heterocycles. The maximum atomic E-state index is 14.2.